The van der Waals surface area contributed by atoms with E-state index in [4.69, 9.17) is 4.74 Å². The van der Waals surface area contributed by atoms with Crippen LogP contribution in [0.25, 0.3) is 0 Å². The highest BCUT2D eigenvalue weighted by molar-refractivity contribution is 5.95. The Hall–Kier alpha value is -2.89. The SMILES string of the molecule is Cc1cccnc1NC(=O)O[C@H]1CCN2Cc3ccccc3N=C12. The van der Waals surface area contributed by atoms with Crippen LogP contribution in [0.3, 0.4) is 0 Å². The highest BCUT2D eigenvalue weighted by atomic mass is 16.6. The van der Waals surface area contributed by atoms with Crippen LogP contribution in [0, 0.1) is 6.92 Å². The monoisotopic (exact) mass is 322 g/mol. The lowest BCUT2D eigenvalue weighted by Crippen LogP contribution is -2.34. The number of aryl methyl sites for hydroxylation is 1. The maximum atomic E-state index is 12.2. The summed E-state index contributed by atoms with van der Waals surface area (Å²) in [5.41, 5.74) is 3.06. The molecule has 2 aliphatic heterocycles. The topological polar surface area (TPSA) is 66.8 Å². The molecule has 1 amide bonds. The number of amidine groups is 1. The van der Waals surface area contributed by atoms with Crippen molar-refractivity contribution in [3.63, 3.8) is 0 Å². The summed E-state index contributed by atoms with van der Waals surface area (Å²) in [5.74, 6) is 1.36. The van der Waals surface area contributed by atoms with Crippen molar-refractivity contribution in [1.29, 1.82) is 0 Å². The normalized spacial score (nSPS) is 18.5. The quantitative estimate of drug-likeness (QED) is 0.921. The van der Waals surface area contributed by atoms with Crippen LogP contribution in [0.1, 0.15) is 17.5 Å². The summed E-state index contributed by atoms with van der Waals surface area (Å²) in [6.07, 6.45) is 1.58. The summed E-state index contributed by atoms with van der Waals surface area (Å²) < 4.78 is 5.59. The van der Waals surface area contributed by atoms with Crippen LogP contribution in [0.5, 0.6) is 0 Å². The minimum absolute atomic E-state index is 0.317. The molecule has 1 N–H and O–H groups in total. The van der Waals surface area contributed by atoms with Crippen LogP contribution < -0.4 is 5.32 Å². The Morgan fingerprint density at radius 3 is 3.04 bits per heavy atom. The fraction of sp³-hybridized carbons (Fsp3) is 0.278. The number of ether oxygens (including phenoxy) is 1. The number of carbonyl (C=O) groups is 1. The molecule has 0 saturated carbocycles. The Morgan fingerprint density at radius 1 is 1.29 bits per heavy atom. The maximum absolute atomic E-state index is 12.2. The number of hydrogen-bond acceptors (Lipinski definition) is 5. The van der Waals surface area contributed by atoms with Gasteiger partial charge in [-0.2, -0.15) is 0 Å². The first-order chi connectivity index (χ1) is 11.7. The van der Waals surface area contributed by atoms with Crippen molar-refractivity contribution in [3.8, 4) is 0 Å². The molecule has 122 valence electrons. The summed E-state index contributed by atoms with van der Waals surface area (Å²) in [7, 11) is 0. The molecular weight excluding hydrogens is 304 g/mol. The van der Waals surface area contributed by atoms with E-state index in [0.717, 1.165) is 36.6 Å². The molecule has 6 nitrogen and oxygen atoms in total. The third-order valence-electron chi connectivity index (χ3n) is 4.34. The van der Waals surface area contributed by atoms with Crippen molar-refractivity contribution in [3.05, 3.63) is 53.7 Å². The Bertz CT molecular complexity index is 818. The molecular formula is C18H18N4O2. The Labute approximate surface area is 140 Å². The minimum Gasteiger partial charge on any atom is -0.438 e. The molecule has 24 heavy (non-hydrogen) atoms. The van der Waals surface area contributed by atoms with Crippen molar-refractivity contribution in [1.82, 2.24) is 9.88 Å². The van der Waals surface area contributed by atoms with Crippen molar-refractivity contribution >= 4 is 23.4 Å². The zero-order valence-corrected chi connectivity index (χ0v) is 13.4. The molecule has 6 heteroatoms. The number of rotatable bonds is 2. The number of nitrogens with one attached hydrogen (secondary N) is 1. The zero-order valence-electron chi connectivity index (χ0n) is 13.4. The zero-order chi connectivity index (χ0) is 16.5. The van der Waals surface area contributed by atoms with E-state index in [-0.39, 0.29) is 6.10 Å². The van der Waals surface area contributed by atoms with Gasteiger partial charge in [-0.05, 0) is 30.2 Å². The van der Waals surface area contributed by atoms with Crippen molar-refractivity contribution in [2.24, 2.45) is 4.99 Å². The van der Waals surface area contributed by atoms with E-state index in [9.17, 15) is 4.79 Å². The van der Waals surface area contributed by atoms with Crippen LogP contribution >= 0.6 is 0 Å². The Balaban J connectivity index is 1.49. The molecule has 4 rings (SSSR count). The van der Waals surface area contributed by atoms with Gasteiger partial charge in [0.1, 0.15) is 11.7 Å². The van der Waals surface area contributed by atoms with E-state index in [1.165, 1.54) is 5.56 Å². The van der Waals surface area contributed by atoms with Crippen LogP contribution in [-0.2, 0) is 11.3 Å². The molecule has 0 spiro atoms. The van der Waals surface area contributed by atoms with E-state index in [2.05, 4.69) is 26.3 Å². The van der Waals surface area contributed by atoms with Gasteiger partial charge in [-0.15, -0.1) is 0 Å². The number of aliphatic imine (C=N–C) groups is 1. The highest BCUT2D eigenvalue weighted by Gasteiger charge is 2.35. The summed E-state index contributed by atoms with van der Waals surface area (Å²) in [5, 5.41) is 2.71. The van der Waals surface area contributed by atoms with Crippen molar-refractivity contribution in [2.45, 2.75) is 26.0 Å². The largest absolute Gasteiger partial charge is 0.438 e. The number of hydrogen-bond donors (Lipinski definition) is 1. The van der Waals surface area contributed by atoms with Crippen LogP contribution in [0.2, 0.25) is 0 Å². The number of fused-ring (bicyclic) bond motifs is 2. The molecule has 0 unspecified atom stereocenters. The molecule has 1 aromatic heterocycles. The molecule has 1 fully saturated rings. The van der Waals surface area contributed by atoms with Crippen LogP contribution in [-0.4, -0.2) is 34.5 Å². The van der Waals surface area contributed by atoms with E-state index < -0.39 is 6.09 Å². The molecule has 1 atom stereocenters. The molecule has 0 aliphatic carbocycles. The molecule has 0 bridgehead atoms. The molecule has 2 aliphatic rings. The number of nitrogens with zero attached hydrogens (tertiary/aromatic N) is 3. The van der Waals surface area contributed by atoms with Gasteiger partial charge in [-0.25, -0.2) is 14.8 Å². The first-order valence-corrected chi connectivity index (χ1v) is 8.01. The highest BCUT2D eigenvalue weighted by Crippen LogP contribution is 2.31. The van der Waals surface area contributed by atoms with E-state index in [1.54, 1.807) is 6.20 Å². The molecule has 1 aromatic carbocycles. The second-order valence-electron chi connectivity index (χ2n) is 6.00. The second-order valence-corrected chi connectivity index (χ2v) is 6.00. The maximum Gasteiger partial charge on any atom is 0.413 e. The van der Waals surface area contributed by atoms with Crippen LogP contribution in [0.15, 0.2) is 47.6 Å². The van der Waals surface area contributed by atoms with Crippen molar-refractivity contribution in [2.75, 3.05) is 11.9 Å². The average molecular weight is 322 g/mol. The molecule has 2 aromatic rings. The third-order valence-corrected chi connectivity index (χ3v) is 4.34. The lowest BCUT2D eigenvalue weighted by Gasteiger charge is -2.26. The lowest BCUT2D eigenvalue weighted by molar-refractivity contribution is 0.143. The van der Waals surface area contributed by atoms with E-state index in [0.29, 0.717) is 5.82 Å². The lowest BCUT2D eigenvalue weighted by atomic mass is 10.1. The summed E-state index contributed by atoms with van der Waals surface area (Å²) in [4.78, 5) is 23.2. The fourth-order valence-corrected chi connectivity index (χ4v) is 3.09. The van der Waals surface area contributed by atoms with E-state index in [1.807, 2.05) is 37.3 Å². The third kappa shape index (κ3) is 2.71. The number of benzene rings is 1. The van der Waals surface area contributed by atoms with Gasteiger partial charge in [0.2, 0.25) is 0 Å². The first kappa shape index (κ1) is 14.7. The predicted molar refractivity (Wildman–Crippen MR) is 91.4 cm³/mol. The molecule has 0 radical (unpaired) electrons. The van der Waals surface area contributed by atoms with Gasteiger partial charge < -0.3 is 9.64 Å². The van der Waals surface area contributed by atoms with Gasteiger partial charge >= 0.3 is 6.09 Å². The number of amides is 1. The average Bonchev–Trinajstić information content (AvgIpc) is 2.97. The number of aromatic nitrogens is 1. The summed E-state index contributed by atoms with van der Waals surface area (Å²) >= 11 is 0. The van der Waals surface area contributed by atoms with Gasteiger partial charge in [0.15, 0.2) is 6.10 Å². The summed E-state index contributed by atoms with van der Waals surface area (Å²) in [6.45, 7) is 3.55. The molecule has 3 heterocycles. The fourth-order valence-electron chi connectivity index (χ4n) is 3.09. The first-order valence-electron chi connectivity index (χ1n) is 8.01. The standard InChI is InChI=1S/C18H18N4O2/c1-12-5-4-9-19-16(12)21-18(23)24-15-8-10-22-11-13-6-2-3-7-14(13)20-17(15)22/h2-7,9,15H,8,10-11H2,1H3,(H,19,21,23)/t15-/m0/s1. The van der Waals surface area contributed by atoms with Gasteiger partial charge in [0, 0.05) is 25.7 Å². The van der Waals surface area contributed by atoms with Crippen molar-refractivity contribution < 1.29 is 9.53 Å². The predicted octanol–water partition coefficient (Wildman–Crippen LogP) is 3.26. The summed E-state index contributed by atoms with van der Waals surface area (Å²) in [6, 6.07) is 11.8. The number of anilines is 1. The van der Waals surface area contributed by atoms with Gasteiger partial charge in [0.05, 0.1) is 5.69 Å². The number of para-hydroxylation sites is 1. The second kappa shape index (κ2) is 5.96. The Morgan fingerprint density at radius 2 is 2.17 bits per heavy atom. The van der Waals surface area contributed by atoms with Gasteiger partial charge in [0.25, 0.3) is 0 Å². The van der Waals surface area contributed by atoms with Crippen LogP contribution in [0.4, 0.5) is 16.3 Å². The van der Waals surface area contributed by atoms with Gasteiger partial charge in [-0.1, -0.05) is 24.3 Å². The number of carbonyl (C=O) groups excluding carboxylic acids is 1. The van der Waals surface area contributed by atoms with E-state index >= 15 is 0 Å². The Kier molecular flexibility index (Phi) is 3.65. The smallest absolute Gasteiger partial charge is 0.413 e. The minimum atomic E-state index is -0.495. The van der Waals surface area contributed by atoms with Gasteiger partial charge in [-0.3, -0.25) is 5.32 Å². The molecule has 1 saturated heterocycles. The number of pyridine rings is 1.